The lowest BCUT2D eigenvalue weighted by Gasteiger charge is -2.38. The minimum Gasteiger partial charge on any atom is -0.395 e. The van der Waals surface area contributed by atoms with Crippen LogP contribution in [0.5, 0.6) is 0 Å². The Morgan fingerprint density at radius 3 is 2.53 bits per heavy atom. The van der Waals surface area contributed by atoms with Crippen LogP contribution < -0.4 is 5.73 Å². The number of hydrogen-bond acceptors (Lipinski definition) is 3. The standard InChI is InChI=1S/C15H28N2O2/c1-11-5-4-8-13(14(11)16)15(19)17(9-10-18)12-6-2-3-7-12/h11-14,18H,2-10,16H2,1H3. The molecule has 3 N–H and O–H groups in total. The maximum atomic E-state index is 12.8. The van der Waals surface area contributed by atoms with Gasteiger partial charge in [-0.3, -0.25) is 4.79 Å². The monoisotopic (exact) mass is 268 g/mol. The van der Waals surface area contributed by atoms with E-state index in [0.717, 1.165) is 32.1 Å². The second kappa shape index (κ2) is 6.71. The molecule has 4 nitrogen and oxygen atoms in total. The van der Waals surface area contributed by atoms with Crippen molar-refractivity contribution in [3.05, 3.63) is 0 Å². The van der Waals surface area contributed by atoms with Crippen molar-refractivity contribution in [2.45, 2.75) is 64.0 Å². The van der Waals surface area contributed by atoms with Crippen molar-refractivity contribution < 1.29 is 9.90 Å². The summed E-state index contributed by atoms with van der Waals surface area (Å²) in [5.41, 5.74) is 6.25. The molecule has 0 aromatic rings. The molecule has 2 aliphatic carbocycles. The maximum Gasteiger partial charge on any atom is 0.227 e. The van der Waals surface area contributed by atoms with Crippen molar-refractivity contribution in [1.29, 1.82) is 0 Å². The lowest BCUT2D eigenvalue weighted by molar-refractivity contribution is -0.140. The molecule has 19 heavy (non-hydrogen) atoms. The molecule has 3 atom stereocenters. The lowest BCUT2D eigenvalue weighted by Crippen LogP contribution is -2.51. The second-order valence-corrected chi connectivity index (χ2v) is 6.29. The van der Waals surface area contributed by atoms with Crippen LogP contribution in [-0.2, 0) is 4.79 Å². The highest BCUT2D eigenvalue weighted by molar-refractivity contribution is 5.80. The summed E-state index contributed by atoms with van der Waals surface area (Å²) in [6.07, 6.45) is 7.72. The molecule has 2 aliphatic rings. The summed E-state index contributed by atoms with van der Waals surface area (Å²) < 4.78 is 0. The van der Waals surface area contributed by atoms with Gasteiger partial charge in [-0.05, 0) is 31.6 Å². The quantitative estimate of drug-likeness (QED) is 0.812. The Labute approximate surface area is 116 Å². The SMILES string of the molecule is CC1CCCC(C(=O)N(CCO)C2CCCC2)C1N. The normalized spacial score (nSPS) is 32.5. The van der Waals surface area contributed by atoms with E-state index in [1.807, 2.05) is 4.90 Å². The molecule has 0 saturated heterocycles. The lowest BCUT2D eigenvalue weighted by atomic mass is 9.77. The molecule has 0 aliphatic heterocycles. The van der Waals surface area contributed by atoms with E-state index in [2.05, 4.69) is 6.92 Å². The first-order valence-electron chi connectivity index (χ1n) is 7.82. The molecule has 0 bridgehead atoms. The zero-order valence-electron chi connectivity index (χ0n) is 12.1. The first-order chi connectivity index (χ1) is 9.15. The summed E-state index contributed by atoms with van der Waals surface area (Å²) in [4.78, 5) is 14.7. The van der Waals surface area contributed by atoms with Crippen LogP contribution in [0.25, 0.3) is 0 Å². The van der Waals surface area contributed by atoms with Gasteiger partial charge in [0.1, 0.15) is 0 Å². The van der Waals surface area contributed by atoms with Crippen molar-refractivity contribution in [3.63, 3.8) is 0 Å². The van der Waals surface area contributed by atoms with Gasteiger partial charge in [0.15, 0.2) is 0 Å². The van der Waals surface area contributed by atoms with E-state index in [0.29, 0.717) is 18.5 Å². The summed E-state index contributed by atoms with van der Waals surface area (Å²) in [6.45, 7) is 2.68. The molecule has 2 fully saturated rings. The number of amides is 1. The van der Waals surface area contributed by atoms with Crippen LogP contribution in [0.4, 0.5) is 0 Å². The summed E-state index contributed by atoms with van der Waals surface area (Å²) in [5.74, 6) is 0.596. The zero-order chi connectivity index (χ0) is 13.8. The predicted octanol–water partition coefficient (Wildman–Crippen LogP) is 1.51. The van der Waals surface area contributed by atoms with Crippen molar-refractivity contribution in [2.24, 2.45) is 17.6 Å². The van der Waals surface area contributed by atoms with Crippen LogP contribution in [-0.4, -0.2) is 41.1 Å². The van der Waals surface area contributed by atoms with E-state index in [-0.39, 0.29) is 24.5 Å². The fourth-order valence-electron chi connectivity index (χ4n) is 3.74. The Morgan fingerprint density at radius 1 is 1.21 bits per heavy atom. The Bertz CT molecular complexity index is 303. The van der Waals surface area contributed by atoms with Crippen molar-refractivity contribution >= 4 is 5.91 Å². The van der Waals surface area contributed by atoms with Crippen molar-refractivity contribution in [3.8, 4) is 0 Å². The van der Waals surface area contributed by atoms with Crippen LogP contribution in [0.1, 0.15) is 51.9 Å². The minimum atomic E-state index is -0.0316. The van der Waals surface area contributed by atoms with Gasteiger partial charge in [0.2, 0.25) is 5.91 Å². The van der Waals surface area contributed by atoms with Gasteiger partial charge < -0.3 is 15.7 Å². The number of aliphatic hydroxyl groups excluding tert-OH is 1. The number of carbonyl (C=O) groups excluding carboxylic acids is 1. The molecule has 110 valence electrons. The van der Waals surface area contributed by atoms with Gasteiger partial charge in [0.05, 0.1) is 12.5 Å². The molecule has 0 aromatic heterocycles. The average Bonchev–Trinajstić information content (AvgIpc) is 2.92. The summed E-state index contributed by atoms with van der Waals surface area (Å²) in [7, 11) is 0. The summed E-state index contributed by atoms with van der Waals surface area (Å²) in [6, 6.07) is 0.327. The van der Waals surface area contributed by atoms with Gasteiger partial charge in [-0.1, -0.05) is 26.2 Å². The molecule has 3 unspecified atom stereocenters. The molecule has 1 amide bonds. The third-order valence-electron chi connectivity index (χ3n) is 5.00. The number of carbonyl (C=O) groups is 1. The van der Waals surface area contributed by atoms with Gasteiger partial charge in [-0.25, -0.2) is 0 Å². The topological polar surface area (TPSA) is 66.6 Å². The van der Waals surface area contributed by atoms with E-state index in [1.165, 1.54) is 12.8 Å². The Balaban J connectivity index is 2.05. The highest BCUT2D eigenvalue weighted by Crippen LogP contribution is 2.31. The molecule has 0 aromatic carbocycles. The van der Waals surface area contributed by atoms with Gasteiger partial charge in [0, 0.05) is 18.6 Å². The van der Waals surface area contributed by atoms with E-state index in [4.69, 9.17) is 5.73 Å². The van der Waals surface area contributed by atoms with E-state index in [1.54, 1.807) is 0 Å². The average molecular weight is 268 g/mol. The van der Waals surface area contributed by atoms with Crippen molar-refractivity contribution in [1.82, 2.24) is 4.90 Å². The third-order valence-corrected chi connectivity index (χ3v) is 5.00. The number of hydrogen-bond donors (Lipinski definition) is 2. The fourth-order valence-corrected chi connectivity index (χ4v) is 3.74. The third kappa shape index (κ3) is 3.29. The molecular weight excluding hydrogens is 240 g/mol. The molecule has 0 spiro atoms. The van der Waals surface area contributed by atoms with Crippen molar-refractivity contribution in [2.75, 3.05) is 13.2 Å². The van der Waals surface area contributed by atoms with Gasteiger partial charge >= 0.3 is 0 Å². The second-order valence-electron chi connectivity index (χ2n) is 6.29. The van der Waals surface area contributed by atoms with Crippen LogP contribution in [0.2, 0.25) is 0 Å². The summed E-state index contributed by atoms with van der Waals surface area (Å²) in [5, 5.41) is 9.24. The predicted molar refractivity (Wildman–Crippen MR) is 75.5 cm³/mol. The summed E-state index contributed by atoms with van der Waals surface area (Å²) >= 11 is 0. The number of aliphatic hydroxyl groups is 1. The molecule has 0 radical (unpaired) electrons. The van der Waals surface area contributed by atoms with E-state index in [9.17, 15) is 9.90 Å². The van der Waals surface area contributed by atoms with Crippen LogP contribution >= 0.6 is 0 Å². The van der Waals surface area contributed by atoms with Crippen LogP contribution in [0, 0.1) is 11.8 Å². The molecular formula is C15H28N2O2. The van der Waals surface area contributed by atoms with Crippen LogP contribution in [0.15, 0.2) is 0 Å². The van der Waals surface area contributed by atoms with Gasteiger partial charge in [-0.2, -0.15) is 0 Å². The minimum absolute atomic E-state index is 0.0103. The van der Waals surface area contributed by atoms with Gasteiger partial charge in [-0.15, -0.1) is 0 Å². The van der Waals surface area contributed by atoms with E-state index < -0.39 is 0 Å². The molecule has 2 rings (SSSR count). The highest BCUT2D eigenvalue weighted by Gasteiger charge is 2.37. The Kier molecular flexibility index (Phi) is 5.22. The maximum absolute atomic E-state index is 12.8. The Morgan fingerprint density at radius 2 is 1.89 bits per heavy atom. The Hall–Kier alpha value is -0.610. The smallest absolute Gasteiger partial charge is 0.227 e. The van der Waals surface area contributed by atoms with E-state index >= 15 is 0 Å². The zero-order valence-corrected chi connectivity index (χ0v) is 12.1. The number of nitrogens with two attached hydrogens (primary N) is 1. The largest absolute Gasteiger partial charge is 0.395 e. The number of nitrogens with zero attached hydrogens (tertiary/aromatic N) is 1. The first-order valence-corrected chi connectivity index (χ1v) is 7.82. The number of rotatable bonds is 4. The van der Waals surface area contributed by atoms with Crippen LogP contribution in [0.3, 0.4) is 0 Å². The highest BCUT2D eigenvalue weighted by atomic mass is 16.3. The fraction of sp³-hybridized carbons (Fsp3) is 0.933. The molecule has 4 heteroatoms. The first kappa shape index (κ1) is 14.8. The van der Waals surface area contributed by atoms with Gasteiger partial charge in [0.25, 0.3) is 0 Å². The molecule has 0 heterocycles. The molecule has 2 saturated carbocycles.